The van der Waals surface area contributed by atoms with Gasteiger partial charge in [-0.05, 0) is 76.2 Å². The molecule has 44 heavy (non-hydrogen) atoms. The number of nitro groups is 2. The summed E-state index contributed by atoms with van der Waals surface area (Å²) in [7, 11) is 0. The van der Waals surface area contributed by atoms with E-state index in [0.29, 0.717) is 13.2 Å². The number of rotatable bonds is 20. The van der Waals surface area contributed by atoms with Crippen molar-refractivity contribution in [2.45, 2.75) is 53.6 Å². The Morgan fingerprint density at radius 1 is 0.545 bits per heavy atom. The Kier molecular flexibility index (Phi) is 13.1. The van der Waals surface area contributed by atoms with Crippen LogP contribution in [0.5, 0.6) is 11.5 Å². The van der Waals surface area contributed by atoms with Crippen molar-refractivity contribution in [1.82, 2.24) is 0 Å². The van der Waals surface area contributed by atoms with Crippen LogP contribution in [-0.4, -0.2) is 71.3 Å². The van der Waals surface area contributed by atoms with E-state index in [1.54, 1.807) is 24.3 Å². The number of quaternary nitrogens is 2. The number of non-ortho nitro benzene ring substituents is 2. The Balaban J connectivity index is 1.42. The largest absolute Gasteiger partial charge is 0.493 e. The third-order valence-corrected chi connectivity index (χ3v) is 8.93. The molecule has 0 radical (unpaired) electrons. The van der Waals surface area contributed by atoms with Gasteiger partial charge in [-0.25, -0.2) is 0 Å². The molecule has 0 heterocycles. The van der Waals surface area contributed by atoms with Crippen LogP contribution < -0.4 is 9.47 Å². The molecule has 3 aromatic rings. The molecule has 3 aromatic carbocycles. The first-order valence-corrected chi connectivity index (χ1v) is 15.7. The van der Waals surface area contributed by atoms with Crippen molar-refractivity contribution >= 4 is 11.4 Å². The molecule has 0 saturated heterocycles. The molecule has 0 fully saturated rings. The monoisotopic (exact) mass is 608 g/mol. The van der Waals surface area contributed by atoms with Crippen LogP contribution in [0.2, 0.25) is 0 Å². The molecule has 10 heteroatoms. The fourth-order valence-corrected chi connectivity index (χ4v) is 5.72. The summed E-state index contributed by atoms with van der Waals surface area (Å²) >= 11 is 0. The topological polar surface area (TPSA) is 105 Å². The van der Waals surface area contributed by atoms with Gasteiger partial charge in [0, 0.05) is 48.2 Å². The van der Waals surface area contributed by atoms with Crippen molar-refractivity contribution in [3.8, 4) is 11.5 Å². The molecule has 0 aromatic heterocycles. The standard InChI is InChI=1S/C34H48N4O6/c1-5-37(6-2,27-29-11-15-31(16-12-29)35(39)40)23-9-25-43-33-19-21-34(22-20-33)44-26-10-24-38(7-3,8-4)28-30-13-17-32(18-14-30)36(41)42/h11-22H,5-10,23-28H2,1-4H3/q+2. The second kappa shape index (κ2) is 16.7. The average Bonchev–Trinajstić information content (AvgIpc) is 3.05. The van der Waals surface area contributed by atoms with E-state index in [-0.39, 0.29) is 21.2 Å². The zero-order valence-corrected chi connectivity index (χ0v) is 26.7. The van der Waals surface area contributed by atoms with E-state index in [2.05, 4.69) is 27.7 Å². The molecule has 0 amide bonds. The second-order valence-corrected chi connectivity index (χ2v) is 11.4. The summed E-state index contributed by atoms with van der Waals surface area (Å²) in [5.41, 5.74) is 2.45. The van der Waals surface area contributed by atoms with Gasteiger partial charge in [-0.3, -0.25) is 20.2 Å². The van der Waals surface area contributed by atoms with Crippen LogP contribution in [0.1, 0.15) is 51.7 Å². The summed E-state index contributed by atoms with van der Waals surface area (Å²) in [5, 5.41) is 21.9. The van der Waals surface area contributed by atoms with Crippen molar-refractivity contribution in [3.05, 3.63) is 104 Å². The van der Waals surface area contributed by atoms with Crippen LogP contribution >= 0.6 is 0 Å². The maximum Gasteiger partial charge on any atom is 0.269 e. The third kappa shape index (κ3) is 10.0. The van der Waals surface area contributed by atoms with E-state index in [1.165, 1.54) is 0 Å². The Hall–Kier alpha value is -4.02. The molecule has 3 rings (SSSR count). The Morgan fingerprint density at radius 3 is 1.14 bits per heavy atom. The van der Waals surface area contributed by atoms with Crippen LogP contribution in [0.4, 0.5) is 11.4 Å². The number of nitro benzene ring substituents is 2. The highest BCUT2D eigenvalue weighted by molar-refractivity contribution is 5.33. The molecule has 0 spiro atoms. The smallest absolute Gasteiger partial charge is 0.269 e. The number of benzene rings is 3. The summed E-state index contributed by atoms with van der Waals surface area (Å²) in [4.78, 5) is 21.2. The molecule has 0 aliphatic rings. The molecule has 0 bridgehead atoms. The highest BCUT2D eigenvalue weighted by Crippen LogP contribution is 2.22. The molecule has 10 nitrogen and oxygen atoms in total. The van der Waals surface area contributed by atoms with Gasteiger partial charge in [0.2, 0.25) is 0 Å². The number of ether oxygens (including phenoxy) is 2. The average molecular weight is 609 g/mol. The molecule has 0 aliphatic carbocycles. The second-order valence-electron chi connectivity index (χ2n) is 11.4. The van der Waals surface area contributed by atoms with Gasteiger partial charge < -0.3 is 18.4 Å². The van der Waals surface area contributed by atoms with Crippen LogP contribution in [0, 0.1) is 20.2 Å². The highest BCUT2D eigenvalue weighted by atomic mass is 16.6. The maximum atomic E-state index is 11.0. The molecule has 0 N–H and O–H groups in total. The molecule has 238 valence electrons. The van der Waals surface area contributed by atoms with Gasteiger partial charge in [-0.1, -0.05) is 0 Å². The lowest BCUT2D eigenvalue weighted by atomic mass is 10.1. The lowest BCUT2D eigenvalue weighted by Crippen LogP contribution is -2.48. The zero-order chi connectivity index (χ0) is 32.0. The van der Waals surface area contributed by atoms with Gasteiger partial charge in [0.15, 0.2) is 0 Å². The normalized spacial score (nSPS) is 11.7. The van der Waals surface area contributed by atoms with Crippen LogP contribution in [0.15, 0.2) is 72.8 Å². The SMILES string of the molecule is CC[N+](CC)(CCCOc1ccc(OCCC[N+](CC)(CC)Cc2ccc([N+](=O)[O-])cc2)cc1)Cc1ccc([N+](=O)[O-])cc1. The van der Waals surface area contributed by atoms with E-state index in [0.717, 1.165) is 96.8 Å². The minimum atomic E-state index is -0.362. The summed E-state index contributed by atoms with van der Waals surface area (Å²) in [6.07, 6.45) is 1.81. The van der Waals surface area contributed by atoms with Gasteiger partial charge in [0.25, 0.3) is 11.4 Å². The van der Waals surface area contributed by atoms with E-state index in [9.17, 15) is 20.2 Å². The molecule has 0 unspecified atom stereocenters. The zero-order valence-electron chi connectivity index (χ0n) is 26.7. The first-order chi connectivity index (χ1) is 21.2. The molecular formula is C34H48N4O6+2. The minimum absolute atomic E-state index is 0.121. The quantitative estimate of drug-likeness (QED) is 0.0584. The van der Waals surface area contributed by atoms with E-state index in [4.69, 9.17) is 9.47 Å². The van der Waals surface area contributed by atoms with E-state index in [1.807, 2.05) is 48.5 Å². The maximum absolute atomic E-state index is 11.0. The Labute approximate surface area is 261 Å². The lowest BCUT2D eigenvalue weighted by molar-refractivity contribution is -0.938. The fraction of sp³-hybridized carbons (Fsp3) is 0.471. The molecular weight excluding hydrogens is 560 g/mol. The number of nitrogens with zero attached hydrogens (tertiary/aromatic N) is 4. The van der Waals surface area contributed by atoms with Gasteiger partial charge in [-0.15, -0.1) is 0 Å². The number of hydrogen-bond acceptors (Lipinski definition) is 6. The van der Waals surface area contributed by atoms with Crippen LogP contribution in [0.3, 0.4) is 0 Å². The molecule has 0 aliphatic heterocycles. The van der Waals surface area contributed by atoms with Crippen molar-refractivity contribution in [2.75, 3.05) is 52.5 Å². The van der Waals surface area contributed by atoms with Gasteiger partial charge >= 0.3 is 0 Å². The summed E-state index contributed by atoms with van der Waals surface area (Å²) in [5.74, 6) is 1.63. The van der Waals surface area contributed by atoms with Crippen molar-refractivity contribution in [1.29, 1.82) is 0 Å². The van der Waals surface area contributed by atoms with Crippen molar-refractivity contribution in [3.63, 3.8) is 0 Å². The fourth-order valence-electron chi connectivity index (χ4n) is 5.72. The Morgan fingerprint density at radius 2 is 0.864 bits per heavy atom. The van der Waals surface area contributed by atoms with Crippen LogP contribution in [0.25, 0.3) is 0 Å². The van der Waals surface area contributed by atoms with Gasteiger partial charge in [0.1, 0.15) is 24.6 Å². The summed E-state index contributed by atoms with van der Waals surface area (Å²) < 4.78 is 13.9. The Bertz CT molecular complexity index is 1200. The third-order valence-electron chi connectivity index (χ3n) is 8.93. The molecule has 0 saturated carbocycles. The molecule has 0 atom stereocenters. The van der Waals surface area contributed by atoms with Gasteiger partial charge in [0.05, 0.1) is 62.3 Å². The lowest BCUT2D eigenvalue weighted by Gasteiger charge is -2.37. The van der Waals surface area contributed by atoms with E-state index < -0.39 is 0 Å². The summed E-state index contributed by atoms with van der Waals surface area (Å²) in [6, 6.07) is 21.6. The number of hydrogen-bond donors (Lipinski definition) is 0. The van der Waals surface area contributed by atoms with Crippen molar-refractivity contribution < 1.29 is 28.3 Å². The van der Waals surface area contributed by atoms with E-state index >= 15 is 0 Å². The van der Waals surface area contributed by atoms with Crippen LogP contribution in [-0.2, 0) is 13.1 Å². The first kappa shape index (κ1) is 34.5. The predicted molar refractivity (Wildman–Crippen MR) is 173 cm³/mol. The van der Waals surface area contributed by atoms with Gasteiger partial charge in [-0.2, -0.15) is 0 Å². The first-order valence-electron chi connectivity index (χ1n) is 15.7. The highest BCUT2D eigenvalue weighted by Gasteiger charge is 2.25. The summed E-state index contributed by atoms with van der Waals surface area (Å²) in [6.45, 7) is 17.5. The predicted octanol–water partition coefficient (Wildman–Crippen LogP) is 7.15. The minimum Gasteiger partial charge on any atom is -0.493 e. The van der Waals surface area contributed by atoms with Crippen molar-refractivity contribution in [2.24, 2.45) is 0 Å².